The predicted octanol–water partition coefficient (Wildman–Crippen LogP) is 3.06. The van der Waals surface area contributed by atoms with E-state index in [-0.39, 0.29) is 0 Å². The molecule has 0 aliphatic heterocycles. The van der Waals surface area contributed by atoms with Crippen molar-refractivity contribution in [2.45, 2.75) is 13.8 Å². The monoisotopic (exact) mass is 227 g/mol. The number of hydrogen-bond acceptors (Lipinski definition) is 2. The van der Waals surface area contributed by atoms with Crippen molar-refractivity contribution in [2.75, 3.05) is 0 Å². The Morgan fingerprint density at radius 3 is 2.53 bits per heavy atom. The van der Waals surface area contributed by atoms with Gasteiger partial charge in [-0.05, 0) is 54.3 Å². The zero-order valence-electron chi connectivity index (χ0n) is 9.77. The van der Waals surface area contributed by atoms with Gasteiger partial charge in [0, 0.05) is 12.4 Å². The van der Waals surface area contributed by atoms with Crippen LogP contribution in [0.2, 0.25) is 0 Å². The molecular weight excluding hydrogens is 214 g/mol. The van der Waals surface area contributed by atoms with Crippen molar-refractivity contribution in [1.29, 1.82) is 0 Å². The minimum atomic E-state index is -0.905. The fraction of sp³-hybridized carbons (Fsp3) is 0.143. The second-order valence-electron chi connectivity index (χ2n) is 4.03. The number of pyridine rings is 1. The Labute approximate surface area is 99.8 Å². The quantitative estimate of drug-likeness (QED) is 0.857. The lowest BCUT2D eigenvalue weighted by Crippen LogP contribution is -1.98. The topological polar surface area (TPSA) is 50.2 Å². The Kier molecular flexibility index (Phi) is 2.91. The van der Waals surface area contributed by atoms with Crippen molar-refractivity contribution >= 4 is 5.97 Å². The number of carbonyl (C=O) groups is 1. The number of rotatable bonds is 2. The molecule has 0 unspecified atom stereocenters. The smallest absolute Gasteiger partial charge is 0.335 e. The van der Waals surface area contributed by atoms with E-state index in [0.29, 0.717) is 5.56 Å². The third-order valence-electron chi connectivity index (χ3n) is 2.79. The van der Waals surface area contributed by atoms with Crippen molar-refractivity contribution in [3.05, 3.63) is 53.3 Å². The third-order valence-corrected chi connectivity index (χ3v) is 2.79. The number of aryl methyl sites for hydroxylation is 2. The number of nitrogens with zero attached hydrogens (tertiary/aromatic N) is 1. The van der Waals surface area contributed by atoms with Gasteiger partial charge in [0.05, 0.1) is 5.56 Å². The van der Waals surface area contributed by atoms with Crippen LogP contribution < -0.4 is 0 Å². The van der Waals surface area contributed by atoms with Gasteiger partial charge in [-0.25, -0.2) is 4.79 Å². The lowest BCUT2D eigenvalue weighted by molar-refractivity contribution is 0.0697. The van der Waals surface area contributed by atoms with Crippen LogP contribution >= 0.6 is 0 Å². The molecule has 0 aliphatic rings. The highest BCUT2D eigenvalue weighted by Gasteiger charge is 2.09. The largest absolute Gasteiger partial charge is 0.478 e. The summed E-state index contributed by atoms with van der Waals surface area (Å²) in [5.41, 5.74) is 4.38. The maximum atomic E-state index is 11.0. The zero-order valence-corrected chi connectivity index (χ0v) is 9.77. The van der Waals surface area contributed by atoms with Crippen LogP contribution in [0.1, 0.15) is 21.5 Å². The first-order valence-corrected chi connectivity index (χ1v) is 5.34. The van der Waals surface area contributed by atoms with Crippen molar-refractivity contribution in [3.8, 4) is 11.1 Å². The molecule has 1 heterocycles. The van der Waals surface area contributed by atoms with Gasteiger partial charge in [0.1, 0.15) is 0 Å². The van der Waals surface area contributed by atoms with Gasteiger partial charge in [0.2, 0.25) is 0 Å². The van der Waals surface area contributed by atoms with E-state index in [1.54, 1.807) is 24.5 Å². The second-order valence-corrected chi connectivity index (χ2v) is 4.03. The van der Waals surface area contributed by atoms with Gasteiger partial charge in [-0.1, -0.05) is 6.07 Å². The molecule has 2 rings (SSSR count). The molecule has 0 saturated carbocycles. The first-order valence-electron chi connectivity index (χ1n) is 5.34. The maximum Gasteiger partial charge on any atom is 0.335 e. The van der Waals surface area contributed by atoms with Crippen LogP contribution in [0.15, 0.2) is 36.7 Å². The molecule has 3 nitrogen and oxygen atoms in total. The highest BCUT2D eigenvalue weighted by atomic mass is 16.4. The molecule has 0 bridgehead atoms. The summed E-state index contributed by atoms with van der Waals surface area (Å²) in [6.45, 7) is 3.94. The van der Waals surface area contributed by atoms with Gasteiger partial charge in [0.15, 0.2) is 0 Å². The average Bonchev–Trinajstić information content (AvgIpc) is 2.30. The summed E-state index contributed by atoms with van der Waals surface area (Å²) >= 11 is 0. The predicted molar refractivity (Wildman–Crippen MR) is 66.1 cm³/mol. The molecule has 0 spiro atoms. The van der Waals surface area contributed by atoms with E-state index >= 15 is 0 Å². The van der Waals surface area contributed by atoms with Crippen LogP contribution in [0.3, 0.4) is 0 Å². The highest BCUT2D eigenvalue weighted by Crippen LogP contribution is 2.26. The van der Waals surface area contributed by atoms with Crippen molar-refractivity contribution in [1.82, 2.24) is 4.98 Å². The molecule has 17 heavy (non-hydrogen) atoms. The van der Waals surface area contributed by atoms with Crippen LogP contribution in [0.5, 0.6) is 0 Å². The molecule has 0 fully saturated rings. The molecule has 1 aromatic heterocycles. The van der Waals surface area contributed by atoms with Crippen LogP contribution in [-0.2, 0) is 0 Å². The summed E-state index contributed by atoms with van der Waals surface area (Å²) in [4.78, 5) is 15.0. The number of hydrogen-bond donors (Lipinski definition) is 1. The fourth-order valence-electron chi connectivity index (χ4n) is 1.82. The fourth-order valence-corrected chi connectivity index (χ4v) is 1.82. The molecule has 2 aromatic rings. The number of carboxylic acid groups (broad SMARTS) is 1. The van der Waals surface area contributed by atoms with Crippen LogP contribution in [0, 0.1) is 13.8 Å². The molecule has 3 heteroatoms. The Morgan fingerprint density at radius 2 is 1.88 bits per heavy atom. The normalized spacial score (nSPS) is 10.2. The summed E-state index contributed by atoms with van der Waals surface area (Å²) in [6, 6.07) is 7.07. The molecule has 0 aliphatic carbocycles. The summed E-state index contributed by atoms with van der Waals surface area (Å²) < 4.78 is 0. The SMILES string of the molecule is Cc1cnccc1-c1cc(C(=O)O)ccc1C. The summed E-state index contributed by atoms with van der Waals surface area (Å²) in [7, 11) is 0. The van der Waals surface area contributed by atoms with Crippen LogP contribution in [-0.4, -0.2) is 16.1 Å². The van der Waals surface area contributed by atoms with E-state index in [1.807, 2.05) is 26.0 Å². The van der Waals surface area contributed by atoms with Crippen LogP contribution in [0.4, 0.5) is 0 Å². The second kappa shape index (κ2) is 4.37. The molecule has 0 radical (unpaired) electrons. The number of benzene rings is 1. The third kappa shape index (κ3) is 2.18. The van der Waals surface area contributed by atoms with Gasteiger partial charge in [-0.2, -0.15) is 0 Å². The van der Waals surface area contributed by atoms with E-state index in [4.69, 9.17) is 5.11 Å². The molecular formula is C14H13NO2. The molecule has 0 atom stereocenters. The van der Waals surface area contributed by atoms with Gasteiger partial charge < -0.3 is 5.11 Å². The maximum absolute atomic E-state index is 11.0. The number of carboxylic acids is 1. The van der Waals surface area contributed by atoms with E-state index < -0.39 is 5.97 Å². The van der Waals surface area contributed by atoms with Crippen molar-refractivity contribution < 1.29 is 9.90 Å². The number of aromatic carboxylic acids is 1. The Balaban J connectivity index is 2.63. The van der Waals surface area contributed by atoms with Gasteiger partial charge in [0.25, 0.3) is 0 Å². The van der Waals surface area contributed by atoms with Gasteiger partial charge in [-0.15, -0.1) is 0 Å². The van der Waals surface area contributed by atoms with Crippen LogP contribution in [0.25, 0.3) is 11.1 Å². The average molecular weight is 227 g/mol. The Morgan fingerprint density at radius 1 is 1.12 bits per heavy atom. The van der Waals surface area contributed by atoms with E-state index in [9.17, 15) is 4.79 Å². The zero-order chi connectivity index (χ0) is 12.4. The molecule has 0 saturated heterocycles. The summed E-state index contributed by atoms with van der Waals surface area (Å²) in [5, 5.41) is 9.00. The molecule has 0 amide bonds. The number of aromatic nitrogens is 1. The summed E-state index contributed by atoms with van der Waals surface area (Å²) in [5.74, 6) is -0.905. The highest BCUT2D eigenvalue weighted by molar-refractivity contribution is 5.90. The first-order chi connectivity index (χ1) is 8.09. The van der Waals surface area contributed by atoms with E-state index in [1.165, 1.54) is 0 Å². The Hall–Kier alpha value is -2.16. The Bertz CT molecular complexity index is 576. The molecule has 1 aromatic carbocycles. The molecule has 86 valence electrons. The lowest BCUT2D eigenvalue weighted by Gasteiger charge is -2.09. The van der Waals surface area contributed by atoms with E-state index in [2.05, 4.69) is 4.98 Å². The van der Waals surface area contributed by atoms with Crippen molar-refractivity contribution in [3.63, 3.8) is 0 Å². The standard InChI is InChI=1S/C14H13NO2/c1-9-3-4-11(14(16)17)7-13(9)12-5-6-15-8-10(12)2/h3-8H,1-2H3,(H,16,17). The van der Waals surface area contributed by atoms with Crippen molar-refractivity contribution in [2.24, 2.45) is 0 Å². The van der Waals surface area contributed by atoms with Gasteiger partial charge >= 0.3 is 5.97 Å². The minimum absolute atomic E-state index is 0.307. The minimum Gasteiger partial charge on any atom is -0.478 e. The van der Waals surface area contributed by atoms with E-state index in [0.717, 1.165) is 22.3 Å². The lowest BCUT2D eigenvalue weighted by atomic mass is 9.96. The molecule has 1 N–H and O–H groups in total. The first kappa shape index (κ1) is 11.3. The van der Waals surface area contributed by atoms with Gasteiger partial charge in [-0.3, -0.25) is 4.98 Å². The summed E-state index contributed by atoms with van der Waals surface area (Å²) in [6.07, 6.45) is 3.50.